The predicted molar refractivity (Wildman–Crippen MR) is 262 cm³/mol. The van der Waals surface area contributed by atoms with Crippen molar-refractivity contribution in [2.24, 2.45) is 0 Å². The highest BCUT2D eigenvalue weighted by atomic mass is 15.3. The van der Waals surface area contributed by atoms with Gasteiger partial charge in [0.1, 0.15) is 0 Å². The number of aromatic nitrogens is 6. The van der Waals surface area contributed by atoms with Crippen molar-refractivity contribution in [3.05, 3.63) is 84.9 Å². The average Bonchev–Trinajstić information content (AvgIpc) is 3.31. The molecule has 0 N–H and O–H groups in total. The Morgan fingerprint density at radius 1 is 0.339 bits per heavy atom. The minimum Gasteiger partial charge on any atom is -0.321 e. The average molecular weight is 825 g/mol. The van der Waals surface area contributed by atoms with E-state index in [4.69, 9.17) is 29.9 Å². The number of para-hydroxylation sites is 2. The van der Waals surface area contributed by atoms with E-state index < -0.39 is 0 Å². The van der Waals surface area contributed by atoms with E-state index in [1.165, 1.54) is 126 Å². The molecule has 8 aromatic rings. The molecule has 1 aliphatic heterocycles. The van der Waals surface area contributed by atoms with Gasteiger partial charge in [0.25, 0.3) is 0 Å². The maximum absolute atomic E-state index is 5.49. The van der Waals surface area contributed by atoms with E-state index in [-0.39, 0.29) is 0 Å². The standard InChI is InChI=1S/C54H64N8/c1-3-5-7-9-11-13-15-17-19-27-35-61-47-37-45-46(56-44-34-26-25-33-43(44)55-45)38-48(47)62(36-28-20-18-16-14-12-10-8-6-4-2)54-53(61)59-51-52(60-54)58-50-42-32-24-22-30-40(42)39-29-21-23-31-41(39)49(50)57-51/h21-26,29-34,37-38H,3-20,27-28,35-36H2,1-2H3. The third kappa shape index (κ3) is 9.02. The SMILES string of the molecule is CCCCCCCCCCCCN1c2cc3nc4ccccc4nc3cc2N(CCCCCCCCCCCC)c2nc3nc4c5ccccc5c5ccccc5c4nc3nc21. The summed E-state index contributed by atoms with van der Waals surface area (Å²) in [5.41, 5.74) is 8.76. The van der Waals surface area contributed by atoms with Gasteiger partial charge in [0.15, 0.2) is 11.6 Å². The van der Waals surface area contributed by atoms with Gasteiger partial charge in [0.2, 0.25) is 11.3 Å². The van der Waals surface area contributed by atoms with Gasteiger partial charge in [0, 0.05) is 23.9 Å². The molecule has 0 unspecified atom stereocenters. The number of benzene rings is 5. The van der Waals surface area contributed by atoms with Crippen molar-refractivity contribution in [1.29, 1.82) is 0 Å². The molecule has 9 rings (SSSR count). The highest BCUT2D eigenvalue weighted by Crippen LogP contribution is 2.48. The van der Waals surface area contributed by atoms with Crippen molar-refractivity contribution in [3.63, 3.8) is 0 Å². The lowest BCUT2D eigenvalue weighted by Crippen LogP contribution is -2.33. The fraction of sp³-hybridized carbons (Fsp3) is 0.444. The van der Waals surface area contributed by atoms with Crippen molar-refractivity contribution in [3.8, 4) is 0 Å². The Hall–Kier alpha value is -5.50. The largest absolute Gasteiger partial charge is 0.321 e. The number of anilines is 4. The van der Waals surface area contributed by atoms with Gasteiger partial charge in [-0.1, -0.05) is 190 Å². The second-order valence-electron chi connectivity index (χ2n) is 17.7. The van der Waals surface area contributed by atoms with Crippen LogP contribution < -0.4 is 9.80 Å². The van der Waals surface area contributed by atoms with Crippen LogP contribution in [0.25, 0.3) is 65.9 Å². The number of unbranched alkanes of at least 4 members (excludes halogenated alkanes) is 18. The molecular weight excluding hydrogens is 761 g/mol. The van der Waals surface area contributed by atoms with Crippen LogP contribution in [0.2, 0.25) is 0 Å². The Kier molecular flexibility index (Phi) is 13.6. The Morgan fingerprint density at radius 3 is 1.06 bits per heavy atom. The maximum atomic E-state index is 5.49. The van der Waals surface area contributed by atoms with Crippen molar-refractivity contribution in [2.75, 3.05) is 22.9 Å². The van der Waals surface area contributed by atoms with Gasteiger partial charge < -0.3 is 9.80 Å². The molecule has 320 valence electrons. The van der Waals surface area contributed by atoms with Gasteiger partial charge in [-0.2, -0.15) is 0 Å². The molecule has 8 heteroatoms. The molecule has 4 heterocycles. The van der Waals surface area contributed by atoms with E-state index in [1.807, 2.05) is 12.1 Å². The van der Waals surface area contributed by atoms with Gasteiger partial charge in [-0.05, 0) is 47.9 Å². The minimum absolute atomic E-state index is 0.582. The molecule has 0 saturated heterocycles. The van der Waals surface area contributed by atoms with Gasteiger partial charge in [-0.15, -0.1) is 0 Å². The monoisotopic (exact) mass is 825 g/mol. The molecule has 0 radical (unpaired) electrons. The fourth-order valence-electron chi connectivity index (χ4n) is 9.73. The Bertz CT molecular complexity index is 2590. The van der Waals surface area contributed by atoms with Crippen molar-refractivity contribution >= 4 is 88.9 Å². The number of hydrogen-bond acceptors (Lipinski definition) is 8. The van der Waals surface area contributed by atoms with Gasteiger partial charge in [-0.25, -0.2) is 29.9 Å². The number of rotatable bonds is 22. The zero-order chi connectivity index (χ0) is 42.1. The highest BCUT2D eigenvalue weighted by Gasteiger charge is 2.33. The van der Waals surface area contributed by atoms with E-state index in [2.05, 4.69) is 96.4 Å². The maximum Gasteiger partial charge on any atom is 0.200 e. The molecule has 0 fully saturated rings. The van der Waals surface area contributed by atoms with E-state index in [0.29, 0.717) is 11.3 Å². The Balaban J connectivity index is 1.09. The molecule has 0 atom stereocenters. The van der Waals surface area contributed by atoms with Crippen LogP contribution in [-0.2, 0) is 0 Å². The third-order valence-electron chi connectivity index (χ3n) is 13.1. The summed E-state index contributed by atoms with van der Waals surface area (Å²) in [5, 5.41) is 4.52. The second kappa shape index (κ2) is 20.1. The lowest BCUT2D eigenvalue weighted by molar-refractivity contribution is 0.555. The Labute approximate surface area is 367 Å². The molecule has 3 aromatic heterocycles. The van der Waals surface area contributed by atoms with Crippen LogP contribution in [0.1, 0.15) is 142 Å². The first-order valence-corrected chi connectivity index (χ1v) is 24.3. The van der Waals surface area contributed by atoms with E-state index in [1.54, 1.807) is 0 Å². The topological polar surface area (TPSA) is 83.8 Å². The van der Waals surface area contributed by atoms with Gasteiger partial charge >= 0.3 is 0 Å². The lowest BCUT2D eigenvalue weighted by atomic mass is 10.00. The molecule has 0 bridgehead atoms. The number of nitrogens with zero attached hydrogens (tertiary/aromatic N) is 8. The summed E-state index contributed by atoms with van der Waals surface area (Å²) in [4.78, 5) is 36.8. The van der Waals surface area contributed by atoms with Crippen LogP contribution in [0, 0.1) is 0 Å². The van der Waals surface area contributed by atoms with E-state index in [9.17, 15) is 0 Å². The first-order chi connectivity index (χ1) is 30.7. The summed E-state index contributed by atoms with van der Waals surface area (Å²) in [6.45, 7) is 6.26. The number of fused-ring (bicyclic) bond motifs is 11. The Morgan fingerprint density at radius 2 is 0.677 bits per heavy atom. The summed E-state index contributed by atoms with van der Waals surface area (Å²) in [7, 11) is 0. The van der Waals surface area contributed by atoms with E-state index in [0.717, 1.165) is 92.8 Å². The first-order valence-electron chi connectivity index (χ1n) is 24.3. The third-order valence-corrected chi connectivity index (χ3v) is 13.1. The normalized spacial score (nSPS) is 12.7. The summed E-state index contributed by atoms with van der Waals surface area (Å²) < 4.78 is 0. The van der Waals surface area contributed by atoms with Crippen LogP contribution in [0.5, 0.6) is 0 Å². The molecule has 5 aromatic carbocycles. The minimum atomic E-state index is 0.582. The molecule has 8 nitrogen and oxygen atoms in total. The van der Waals surface area contributed by atoms with Crippen molar-refractivity contribution in [2.45, 2.75) is 142 Å². The summed E-state index contributed by atoms with van der Waals surface area (Å²) in [5.74, 6) is 1.72. The van der Waals surface area contributed by atoms with Crippen molar-refractivity contribution < 1.29 is 0 Å². The highest BCUT2D eigenvalue weighted by molar-refractivity contribution is 6.23. The van der Waals surface area contributed by atoms with Gasteiger partial charge in [-0.3, -0.25) is 0 Å². The summed E-state index contributed by atoms with van der Waals surface area (Å²) >= 11 is 0. The molecular formula is C54H64N8. The quantitative estimate of drug-likeness (QED) is 0.0380. The first kappa shape index (κ1) is 41.8. The molecule has 62 heavy (non-hydrogen) atoms. The molecule has 1 aliphatic rings. The lowest BCUT2D eigenvalue weighted by Gasteiger charge is -2.38. The molecule has 0 amide bonds. The second-order valence-corrected chi connectivity index (χ2v) is 17.7. The van der Waals surface area contributed by atoms with Crippen LogP contribution >= 0.6 is 0 Å². The van der Waals surface area contributed by atoms with Crippen LogP contribution in [0.4, 0.5) is 23.0 Å². The molecule has 0 aliphatic carbocycles. The zero-order valence-corrected chi connectivity index (χ0v) is 37.2. The smallest absolute Gasteiger partial charge is 0.200 e. The zero-order valence-electron chi connectivity index (χ0n) is 37.2. The molecule has 0 saturated carbocycles. The predicted octanol–water partition coefficient (Wildman–Crippen LogP) is 15.4. The number of hydrogen-bond donors (Lipinski definition) is 0. The fourth-order valence-corrected chi connectivity index (χ4v) is 9.73. The summed E-state index contributed by atoms with van der Waals surface area (Å²) in [6.07, 6.45) is 25.8. The van der Waals surface area contributed by atoms with Crippen LogP contribution in [-0.4, -0.2) is 43.0 Å². The molecule has 0 spiro atoms. The van der Waals surface area contributed by atoms with E-state index >= 15 is 0 Å². The van der Waals surface area contributed by atoms with Crippen LogP contribution in [0.15, 0.2) is 84.9 Å². The van der Waals surface area contributed by atoms with Crippen molar-refractivity contribution in [1.82, 2.24) is 29.9 Å². The summed E-state index contributed by atoms with van der Waals surface area (Å²) in [6, 6.07) is 29.8. The van der Waals surface area contributed by atoms with Gasteiger partial charge in [0.05, 0.1) is 44.5 Å². The van der Waals surface area contributed by atoms with Crippen LogP contribution in [0.3, 0.4) is 0 Å².